The van der Waals surface area contributed by atoms with E-state index in [9.17, 15) is 9.59 Å². The summed E-state index contributed by atoms with van der Waals surface area (Å²) in [6.45, 7) is 2.16. The number of rotatable bonds is 4. The average Bonchev–Trinajstić information content (AvgIpc) is 3.23. The van der Waals surface area contributed by atoms with Crippen molar-refractivity contribution in [2.24, 2.45) is 0 Å². The van der Waals surface area contributed by atoms with Crippen molar-refractivity contribution in [1.82, 2.24) is 19.3 Å². The standard InChI is InChI=1S/C20H16ClN5O3/c1-12-10-17(23-18(27)19(28)29)26(24-12)20-22-15-8-4-5-9-16(15)25(20)11-13-6-2-3-7-14(13)21/h2-10H,11H2,1H3,(H,23,27)(H,28,29). The van der Waals surface area contributed by atoms with Crippen molar-refractivity contribution < 1.29 is 14.7 Å². The van der Waals surface area contributed by atoms with Gasteiger partial charge in [0.05, 0.1) is 23.3 Å². The number of amides is 1. The molecule has 0 spiro atoms. The van der Waals surface area contributed by atoms with Gasteiger partial charge in [-0.1, -0.05) is 41.9 Å². The van der Waals surface area contributed by atoms with E-state index in [-0.39, 0.29) is 5.82 Å². The minimum absolute atomic E-state index is 0.214. The van der Waals surface area contributed by atoms with Crippen molar-refractivity contribution in [3.8, 4) is 5.95 Å². The average molecular weight is 410 g/mol. The molecule has 0 unspecified atom stereocenters. The molecule has 9 heteroatoms. The number of fused-ring (bicyclic) bond motifs is 1. The summed E-state index contributed by atoms with van der Waals surface area (Å²) in [4.78, 5) is 27.3. The van der Waals surface area contributed by atoms with Crippen LogP contribution in [0.2, 0.25) is 5.02 Å². The zero-order valence-electron chi connectivity index (χ0n) is 15.3. The molecule has 8 nitrogen and oxygen atoms in total. The summed E-state index contributed by atoms with van der Waals surface area (Å²) in [6, 6.07) is 16.6. The molecule has 0 aliphatic heterocycles. The van der Waals surface area contributed by atoms with Crippen molar-refractivity contribution >= 4 is 40.3 Å². The topological polar surface area (TPSA) is 102 Å². The highest BCUT2D eigenvalue weighted by molar-refractivity contribution is 6.36. The van der Waals surface area contributed by atoms with Gasteiger partial charge in [0, 0.05) is 11.1 Å². The molecule has 0 saturated heterocycles. The maximum absolute atomic E-state index is 11.7. The Bertz CT molecular complexity index is 1240. The first-order chi connectivity index (χ1) is 13.9. The Morgan fingerprint density at radius 2 is 1.86 bits per heavy atom. The van der Waals surface area contributed by atoms with Crippen LogP contribution in [0.3, 0.4) is 0 Å². The summed E-state index contributed by atoms with van der Waals surface area (Å²) in [5.41, 5.74) is 3.07. The molecule has 4 rings (SSSR count). The van der Waals surface area contributed by atoms with Gasteiger partial charge in [-0.05, 0) is 30.7 Å². The summed E-state index contributed by atoms with van der Waals surface area (Å²) in [6.07, 6.45) is 0. The van der Waals surface area contributed by atoms with Gasteiger partial charge in [0.1, 0.15) is 5.82 Å². The number of carbonyl (C=O) groups is 2. The molecular weight excluding hydrogens is 394 g/mol. The van der Waals surface area contributed by atoms with E-state index < -0.39 is 11.9 Å². The quantitative estimate of drug-likeness (QED) is 0.504. The Balaban J connectivity index is 1.88. The van der Waals surface area contributed by atoms with Crippen LogP contribution in [0, 0.1) is 6.92 Å². The molecule has 0 saturated carbocycles. The van der Waals surface area contributed by atoms with Gasteiger partial charge in [0.25, 0.3) is 0 Å². The minimum Gasteiger partial charge on any atom is -0.474 e. The van der Waals surface area contributed by atoms with Gasteiger partial charge in [-0.25, -0.2) is 9.78 Å². The monoisotopic (exact) mass is 409 g/mol. The molecule has 0 bridgehead atoms. The van der Waals surface area contributed by atoms with Gasteiger partial charge in [-0.15, -0.1) is 0 Å². The molecule has 2 aromatic carbocycles. The number of nitrogens with zero attached hydrogens (tertiary/aromatic N) is 4. The van der Waals surface area contributed by atoms with Crippen LogP contribution in [0.5, 0.6) is 0 Å². The van der Waals surface area contributed by atoms with Gasteiger partial charge in [0.15, 0.2) is 0 Å². The van der Waals surface area contributed by atoms with Gasteiger partial charge in [-0.2, -0.15) is 9.78 Å². The smallest absolute Gasteiger partial charge is 0.394 e. The van der Waals surface area contributed by atoms with Crippen molar-refractivity contribution in [3.63, 3.8) is 0 Å². The van der Waals surface area contributed by atoms with Gasteiger partial charge in [0.2, 0.25) is 5.95 Å². The number of carbonyl (C=O) groups excluding carboxylic acids is 1. The molecule has 0 radical (unpaired) electrons. The summed E-state index contributed by atoms with van der Waals surface area (Å²) in [5, 5.41) is 16.3. The first-order valence-electron chi connectivity index (χ1n) is 8.74. The number of carboxylic acids is 1. The van der Waals surface area contributed by atoms with Crippen molar-refractivity contribution in [2.75, 3.05) is 5.32 Å². The Kier molecular flexibility index (Phi) is 4.77. The molecule has 146 valence electrons. The number of halogens is 1. The number of aryl methyl sites for hydroxylation is 1. The number of nitrogens with one attached hydrogen (secondary N) is 1. The van der Waals surface area contributed by atoms with Gasteiger partial charge in [-0.3, -0.25) is 4.79 Å². The molecule has 0 aliphatic carbocycles. The summed E-state index contributed by atoms with van der Waals surface area (Å²) in [5.74, 6) is -2.09. The lowest BCUT2D eigenvalue weighted by Gasteiger charge is -2.12. The number of hydrogen-bond acceptors (Lipinski definition) is 4. The second-order valence-electron chi connectivity index (χ2n) is 6.42. The highest BCUT2D eigenvalue weighted by atomic mass is 35.5. The van der Waals surface area contributed by atoms with E-state index in [1.165, 1.54) is 4.68 Å². The number of imidazole rings is 1. The molecule has 1 amide bonds. The highest BCUT2D eigenvalue weighted by Crippen LogP contribution is 2.25. The molecule has 2 aromatic heterocycles. The normalized spacial score (nSPS) is 11.0. The van der Waals surface area contributed by atoms with E-state index in [0.29, 0.717) is 23.2 Å². The number of hydrogen-bond donors (Lipinski definition) is 2. The van der Waals surface area contributed by atoms with Crippen LogP contribution in [0.1, 0.15) is 11.3 Å². The predicted molar refractivity (Wildman–Crippen MR) is 108 cm³/mol. The van der Waals surface area contributed by atoms with Crippen molar-refractivity contribution in [2.45, 2.75) is 13.5 Å². The summed E-state index contributed by atoms with van der Waals surface area (Å²) in [7, 11) is 0. The fourth-order valence-electron chi connectivity index (χ4n) is 3.09. The van der Waals surface area contributed by atoms with Crippen LogP contribution < -0.4 is 5.32 Å². The predicted octanol–water partition coefficient (Wildman–Crippen LogP) is 3.26. The first-order valence-corrected chi connectivity index (χ1v) is 9.12. The molecule has 0 aliphatic rings. The number of para-hydroxylation sites is 2. The van der Waals surface area contributed by atoms with E-state index in [4.69, 9.17) is 16.7 Å². The van der Waals surface area contributed by atoms with Crippen LogP contribution in [-0.2, 0) is 16.1 Å². The molecule has 2 N–H and O–H groups in total. The van der Waals surface area contributed by atoms with Gasteiger partial charge >= 0.3 is 11.9 Å². The van der Waals surface area contributed by atoms with Crippen LogP contribution in [0.25, 0.3) is 17.0 Å². The lowest BCUT2D eigenvalue weighted by molar-refractivity contribution is -0.147. The summed E-state index contributed by atoms with van der Waals surface area (Å²) < 4.78 is 3.34. The SMILES string of the molecule is Cc1cc(NC(=O)C(=O)O)n(-c2nc3ccccc3n2Cc2ccccc2Cl)n1. The molecule has 0 atom stereocenters. The van der Waals surface area contributed by atoms with E-state index in [1.807, 2.05) is 53.1 Å². The fourth-order valence-corrected chi connectivity index (χ4v) is 3.28. The fraction of sp³-hybridized carbons (Fsp3) is 0.100. The maximum Gasteiger partial charge on any atom is 0.394 e. The number of aliphatic carboxylic acids is 1. The van der Waals surface area contributed by atoms with Crippen LogP contribution in [0.15, 0.2) is 54.6 Å². The van der Waals surface area contributed by atoms with E-state index in [1.54, 1.807) is 13.0 Å². The second kappa shape index (κ2) is 7.40. The molecule has 2 heterocycles. The molecular formula is C20H16ClN5O3. The number of aromatic nitrogens is 4. The Morgan fingerprint density at radius 3 is 2.62 bits per heavy atom. The summed E-state index contributed by atoms with van der Waals surface area (Å²) >= 11 is 6.35. The van der Waals surface area contributed by atoms with Crippen LogP contribution in [0.4, 0.5) is 5.82 Å². The third kappa shape index (κ3) is 3.57. The van der Waals surface area contributed by atoms with Gasteiger partial charge < -0.3 is 15.0 Å². The largest absolute Gasteiger partial charge is 0.474 e. The maximum atomic E-state index is 11.7. The van der Waals surface area contributed by atoms with E-state index in [2.05, 4.69) is 15.4 Å². The van der Waals surface area contributed by atoms with Crippen LogP contribution >= 0.6 is 11.6 Å². The number of benzene rings is 2. The Hall–Kier alpha value is -3.65. The zero-order valence-corrected chi connectivity index (χ0v) is 16.1. The number of carboxylic acid groups (broad SMARTS) is 1. The third-order valence-electron chi connectivity index (χ3n) is 4.38. The first kappa shape index (κ1) is 18.7. The zero-order chi connectivity index (χ0) is 20.5. The Labute approximate surface area is 170 Å². The van der Waals surface area contributed by atoms with Crippen molar-refractivity contribution in [3.05, 3.63) is 70.9 Å². The highest BCUT2D eigenvalue weighted by Gasteiger charge is 2.20. The van der Waals surface area contributed by atoms with E-state index >= 15 is 0 Å². The van der Waals surface area contributed by atoms with E-state index in [0.717, 1.165) is 16.6 Å². The van der Waals surface area contributed by atoms with Crippen molar-refractivity contribution in [1.29, 1.82) is 0 Å². The molecule has 29 heavy (non-hydrogen) atoms. The number of anilines is 1. The lowest BCUT2D eigenvalue weighted by atomic mass is 10.2. The van der Waals surface area contributed by atoms with Crippen LogP contribution in [-0.4, -0.2) is 36.3 Å². The minimum atomic E-state index is -1.58. The lowest BCUT2D eigenvalue weighted by Crippen LogP contribution is -2.24. The second-order valence-corrected chi connectivity index (χ2v) is 6.83. The Morgan fingerprint density at radius 1 is 1.14 bits per heavy atom. The molecule has 0 fully saturated rings. The third-order valence-corrected chi connectivity index (χ3v) is 4.75. The molecule has 4 aromatic rings.